The van der Waals surface area contributed by atoms with Crippen molar-refractivity contribution in [1.82, 2.24) is 0 Å². The summed E-state index contributed by atoms with van der Waals surface area (Å²) < 4.78 is 5.08. The Morgan fingerprint density at radius 1 is 1.44 bits per heavy atom. The maximum absolute atomic E-state index is 6.06. The van der Waals surface area contributed by atoms with Crippen molar-refractivity contribution in [1.29, 1.82) is 0 Å². The zero-order valence-electron chi connectivity index (χ0n) is 9.96. The molecule has 1 unspecified atom stereocenters. The lowest BCUT2D eigenvalue weighted by Gasteiger charge is -2.23. The van der Waals surface area contributed by atoms with E-state index in [2.05, 4.69) is 0 Å². The molecule has 0 aliphatic rings. The topological polar surface area (TPSA) is 61.3 Å². The van der Waals surface area contributed by atoms with Crippen molar-refractivity contribution in [2.24, 2.45) is 11.5 Å². The molecule has 0 aliphatic carbocycles. The van der Waals surface area contributed by atoms with Crippen LogP contribution >= 0.6 is 11.6 Å². The fourth-order valence-corrected chi connectivity index (χ4v) is 1.86. The molecular weight excluding hydrogens is 224 g/mol. The predicted octanol–water partition coefficient (Wildman–Crippen LogP) is 2.48. The number of hydrogen-bond acceptors (Lipinski definition) is 3. The Balaban J connectivity index is 2.85. The third-order valence-electron chi connectivity index (χ3n) is 2.35. The third-order valence-corrected chi connectivity index (χ3v) is 2.65. The van der Waals surface area contributed by atoms with E-state index in [0.717, 1.165) is 5.56 Å². The van der Waals surface area contributed by atoms with Gasteiger partial charge in [0.2, 0.25) is 0 Å². The number of rotatable bonds is 4. The van der Waals surface area contributed by atoms with E-state index < -0.39 is 0 Å². The molecule has 0 spiro atoms. The summed E-state index contributed by atoms with van der Waals surface area (Å²) in [5, 5.41) is 0.574. The van der Waals surface area contributed by atoms with Crippen LogP contribution in [0.25, 0.3) is 0 Å². The molecule has 0 saturated carbocycles. The van der Waals surface area contributed by atoms with E-state index in [9.17, 15) is 0 Å². The minimum Gasteiger partial charge on any atom is -0.495 e. The van der Waals surface area contributed by atoms with Gasteiger partial charge in [-0.25, -0.2) is 0 Å². The highest BCUT2D eigenvalue weighted by molar-refractivity contribution is 6.32. The molecule has 0 bridgehead atoms. The second-order valence-electron chi connectivity index (χ2n) is 4.69. The third kappa shape index (κ3) is 3.67. The van der Waals surface area contributed by atoms with Gasteiger partial charge >= 0.3 is 0 Å². The lowest BCUT2D eigenvalue weighted by Crippen LogP contribution is -2.35. The highest BCUT2D eigenvalue weighted by atomic mass is 35.5. The Labute approximate surface area is 102 Å². The van der Waals surface area contributed by atoms with Crippen molar-refractivity contribution in [2.45, 2.75) is 31.8 Å². The van der Waals surface area contributed by atoms with Crippen molar-refractivity contribution in [3.8, 4) is 5.75 Å². The molecule has 0 aliphatic heterocycles. The van der Waals surface area contributed by atoms with Gasteiger partial charge in [-0.1, -0.05) is 17.7 Å². The van der Waals surface area contributed by atoms with E-state index in [1.54, 1.807) is 7.11 Å². The van der Waals surface area contributed by atoms with Gasteiger partial charge in [-0.15, -0.1) is 0 Å². The molecule has 90 valence electrons. The number of ether oxygens (including phenoxy) is 1. The molecule has 0 heterocycles. The van der Waals surface area contributed by atoms with Crippen molar-refractivity contribution >= 4 is 11.6 Å². The molecule has 0 aromatic heterocycles. The SMILES string of the molecule is COc1ccc(C(N)CC(C)(C)N)cc1Cl. The first-order valence-electron chi connectivity index (χ1n) is 5.21. The van der Waals surface area contributed by atoms with Gasteiger partial charge in [-0.05, 0) is 38.0 Å². The first-order valence-corrected chi connectivity index (χ1v) is 5.59. The van der Waals surface area contributed by atoms with Crippen LogP contribution in [-0.2, 0) is 0 Å². The lowest BCUT2D eigenvalue weighted by molar-refractivity contribution is 0.413. The van der Waals surface area contributed by atoms with Gasteiger partial charge in [0.15, 0.2) is 0 Å². The van der Waals surface area contributed by atoms with Gasteiger partial charge in [0, 0.05) is 11.6 Å². The minimum absolute atomic E-state index is 0.108. The van der Waals surface area contributed by atoms with E-state index in [1.165, 1.54) is 0 Å². The fraction of sp³-hybridized carbons (Fsp3) is 0.500. The maximum atomic E-state index is 6.06. The average Bonchev–Trinajstić information content (AvgIpc) is 2.15. The Kier molecular flexibility index (Phi) is 4.19. The summed E-state index contributed by atoms with van der Waals surface area (Å²) in [5.74, 6) is 0.657. The molecule has 1 aromatic carbocycles. The molecule has 1 atom stereocenters. The summed E-state index contributed by atoms with van der Waals surface area (Å²) in [5.41, 5.74) is 12.7. The van der Waals surface area contributed by atoms with Crippen molar-refractivity contribution in [3.63, 3.8) is 0 Å². The summed E-state index contributed by atoms with van der Waals surface area (Å²) in [7, 11) is 1.59. The van der Waals surface area contributed by atoms with Gasteiger partial charge in [-0.3, -0.25) is 0 Å². The summed E-state index contributed by atoms with van der Waals surface area (Å²) in [6, 6.07) is 5.46. The number of nitrogens with two attached hydrogens (primary N) is 2. The smallest absolute Gasteiger partial charge is 0.137 e. The molecule has 3 nitrogen and oxygen atoms in total. The molecule has 0 amide bonds. The fourth-order valence-electron chi connectivity index (χ4n) is 1.60. The molecule has 4 heteroatoms. The van der Waals surface area contributed by atoms with Crippen molar-refractivity contribution in [2.75, 3.05) is 7.11 Å². The Morgan fingerprint density at radius 3 is 2.50 bits per heavy atom. The Hall–Kier alpha value is -0.770. The van der Waals surface area contributed by atoms with E-state index in [1.807, 2.05) is 32.0 Å². The zero-order chi connectivity index (χ0) is 12.3. The van der Waals surface area contributed by atoms with E-state index in [4.69, 9.17) is 27.8 Å². The van der Waals surface area contributed by atoms with Gasteiger partial charge in [0.05, 0.1) is 12.1 Å². The largest absolute Gasteiger partial charge is 0.495 e. The summed E-state index contributed by atoms with van der Waals surface area (Å²) in [4.78, 5) is 0. The van der Waals surface area contributed by atoms with Gasteiger partial charge < -0.3 is 16.2 Å². The first-order chi connectivity index (χ1) is 7.33. The van der Waals surface area contributed by atoms with Crippen molar-refractivity contribution < 1.29 is 4.74 Å². The molecular formula is C12H19ClN2O. The first kappa shape index (κ1) is 13.3. The normalized spacial score (nSPS) is 13.6. The van der Waals surface area contributed by atoms with E-state index in [-0.39, 0.29) is 11.6 Å². The number of hydrogen-bond donors (Lipinski definition) is 2. The van der Waals surface area contributed by atoms with E-state index >= 15 is 0 Å². The van der Waals surface area contributed by atoms with Crippen LogP contribution in [0.3, 0.4) is 0 Å². The van der Waals surface area contributed by atoms with Crippen LogP contribution in [0.4, 0.5) is 0 Å². The molecule has 1 aromatic rings. The summed E-state index contributed by atoms with van der Waals surface area (Å²) in [6.45, 7) is 3.91. The standard InChI is InChI=1S/C12H19ClN2O/c1-12(2,15)7-10(14)8-4-5-11(16-3)9(13)6-8/h4-6,10H,7,14-15H2,1-3H3. The highest BCUT2D eigenvalue weighted by Gasteiger charge is 2.18. The van der Waals surface area contributed by atoms with Gasteiger partial charge in [0.1, 0.15) is 5.75 Å². The van der Waals surface area contributed by atoms with Crippen LogP contribution in [0, 0.1) is 0 Å². The molecule has 0 saturated heterocycles. The monoisotopic (exact) mass is 242 g/mol. The highest BCUT2D eigenvalue weighted by Crippen LogP contribution is 2.29. The molecule has 16 heavy (non-hydrogen) atoms. The predicted molar refractivity (Wildman–Crippen MR) is 67.8 cm³/mol. The zero-order valence-corrected chi connectivity index (χ0v) is 10.7. The van der Waals surface area contributed by atoms with Crippen LogP contribution in [0.5, 0.6) is 5.75 Å². The molecule has 0 radical (unpaired) electrons. The van der Waals surface area contributed by atoms with Gasteiger partial charge in [0.25, 0.3) is 0 Å². The van der Waals surface area contributed by atoms with Crippen molar-refractivity contribution in [3.05, 3.63) is 28.8 Å². The molecule has 4 N–H and O–H groups in total. The van der Waals surface area contributed by atoms with Crippen LogP contribution in [0.15, 0.2) is 18.2 Å². The minimum atomic E-state index is -0.286. The van der Waals surface area contributed by atoms with Crippen LogP contribution in [0.2, 0.25) is 5.02 Å². The quantitative estimate of drug-likeness (QED) is 0.853. The van der Waals surface area contributed by atoms with Crippen LogP contribution in [-0.4, -0.2) is 12.6 Å². The Morgan fingerprint density at radius 2 is 2.06 bits per heavy atom. The van der Waals surface area contributed by atoms with Crippen LogP contribution < -0.4 is 16.2 Å². The Bertz CT molecular complexity index is 361. The average molecular weight is 243 g/mol. The molecule has 1 rings (SSSR count). The maximum Gasteiger partial charge on any atom is 0.137 e. The summed E-state index contributed by atoms with van der Waals surface area (Å²) in [6.07, 6.45) is 0.704. The number of benzene rings is 1. The van der Waals surface area contributed by atoms with E-state index in [0.29, 0.717) is 17.2 Å². The van der Waals surface area contributed by atoms with Gasteiger partial charge in [-0.2, -0.15) is 0 Å². The number of methoxy groups -OCH3 is 1. The number of halogens is 1. The second-order valence-corrected chi connectivity index (χ2v) is 5.10. The van der Waals surface area contributed by atoms with Crippen LogP contribution in [0.1, 0.15) is 31.9 Å². The summed E-state index contributed by atoms with van der Waals surface area (Å²) >= 11 is 6.03. The lowest BCUT2D eigenvalue weighted by atomic mass is 9.92. The second kappa shape index (κ2) is 5.04. The molecule has 0 fully saturated rings.